The quantitative estimate of drug-likeness (QED) is 0.0679. The second-order valence-electron chi connectivity index (χ2n) is 7.53. The monoisotopic (exact) mass is 616 g/mol. The molecule has 0 bridgehead atoms. The minimum atomic E-state index is -0.842. The summed E-state index contributed by atoms with van der Waals surface area (Å²) in [4.78, 5) is 25.6. The fourth-order valence-corrected chi connectivity index (χ4v) is 5.09. The van der Waals surface area contributed by atoms with Crippen LogP contribution in [0.1, 0.15) is 10.4 Å². The lowest BCUT2D eigenvalue weighted by atomic mass is 9.90. The van der Waals surface area contributed by atoms with Crippen molar-refractivity contribution >= 4 is 86.5 Å². The molecular formula is C26H14Cl6O5. The molecule has 0 amide bonds. The van der Waals surface area contributed by atoms with Gasteiger partial charge in [0.1, 0.15) is 30.3 Å². The summed E-state index contributed by atoms with van der Waals surface area (Å²) in [7, 11) is 0. The number of benzene rings is 3. The average Bonchev–Trinajstić information content (AvgIpc) is 2.87. The first-order chi connectivity index (χ1) is 17.6. The molecule has 0 unspecified atom stereocenters. The molecule has 2 aromatic carbocycles. The lowest BCUT2D eigenvalue weighted by molar-refractivity contribution is 0.0551. The van der Waals surface area contributed by atoms with Gasteiger partial charge in [0, 0.05) is 34.2 Å². The second-order valence-corrected chi connectivity index (χ2v) is 9.85. The van der Waals surface area contributed by atoms with Crippen LogP contribution in [0.3, 0.4) is 0 Å². The van der Waals surface area contributed by atoms with Gasteiger partial charge in [-0.1, -0.05) is 94.9 Å². The number of rotatable bonds is 7. The van der Waals surface area contributed by atoms with Crippen LogP contribution in [-0.2, 0) is 4.74 Å². The van der Waals surface area contributed by atoms with Gasteiger partial charge in [-0.25, -0.2) is 4.79 Å². The number of esters is 1. The van der Waals surface area contributed by atoms with Crippen LogP contribution < -0.4 is 10.2 Å². The summed E-state index contributed by atoms with van der Waals surface area (Å²) in [6.45, 7) is 7.23. The Hall–Kier alpha value is -2.38. The van der Waals surface area contributed by atoms with Crippen LogP contribution in [0.25, 0.3) is 33.4 Å². The van der Waals surface area contributed by atoms with Crippen LogP contribution in [0.2, 0.25) is 30.1 Å². The van der Waals surface area contributed by atoms with Crippen molar-refractivity contribution in [1.29, 1.82) is 0 Å². The Morgan fingerprint density at radius 2 is 1.51 bits per heavy atom. The van der Waals surface area contributed by atoms with E-state index in [-0.39, 0.29) is 65.8 Å². The zero-order valence-electron chi connectivity index (χ0n) is 18.6. The number of ether oxygens (including phenoxy) is 2. The number of hydrogen-bond donors (Lipinski definition) is 0. The molecule has 2 aliphatic rings. The van der Waals surface area contributed by atoms with Crippen molar-refractivity contribution in [2.75, 3.05) is 13.2 Å². The van der Waals surface area contributed by atoms with Gasteiger partial charge in [-0.3, -0.25) is 4.79 Å². The van der Waals surface area contributed by atoms with Crippen LogP contribution in [0.4, 0.5) is 0 Å². The van der Waals surface area contributed by atoms with E-state index >= 15 is 0 Å². The molecule has 5 nitrogen and oxygen atoms in total. The third kappa shape index (κ3) is 5.05. The van der Waals surface area contributed by atoms with Crippen molar-refractivity contribution in [2.24, 2.45) is 0 Å². The van der Waals surface area contributed by atoms with Gasteiger partial charge >= 0.3 is 5.97 Å². The molecule has 37 heavy (non-hydrogen) atoms. The Morgan fingerprint density at radius 1 is 0.838 bits per heavy atom. The highest BCUT2D eigenvalue weighted by atomic mass is 35.5. The van der Waals surface area contributed by atoms with Crippen molar-refractivity contribution in [1.82, 2.24) is 0 Å². The van der Waals surface area contributed by atoms with Gasteiger partial charge in [0.2, 0.25) is 5.43 Å². The molecule has 0 spiro atoms. The van der Waals surface area contributed by atoms with Gasteiger partial charge in [0.05, 0.1) is 35.7 Å². The fourth-order valence-electron chi connectivity index (χ4n) is 3.69. The maximum Gasteiger partial charge on any atom is 0.340 e. The van der Waals surface area contributed by atoms with Crippen molar-refractivity contribution < 1.29 is 18.7 Å². The molecule has 1 heterocycles. The van der Waals surface area contributed by atoms with E-state index in [1.165, 1.54) is 24.3 Å². The first kappa shape index (κ1) is 27.6. The summed E-state index contributed by atoms with van der Waals surface area (Å²) in [5.41, 5.74) is 0.294. The van der Waals surface area contributed by atoms with E-state index in [1.807, 2.05) is 0 Å². The van der Waals surface area contributed by atoms with Crippen LogP contribution in [0, 0.1) is 0 Å². The Balaban J connectivity index is 2.23. The Bertz CT molecular complexity index is 1630. The predicted molar refractivity (Wildman–Crippen MR) is 151 cm³/mol. The zero-order valence-corrected chi connectivity index (χ0v) is 23.1. The third-order valence-electron chi connectivity index (χ3n) is 5.24. The first-order valence-electron chi connectivity index (χ1n) is 10.4. The fraction of sp³-hybridized carbons (Fsp3) is 0.0769. The molecule has 0 aromatic heterocycles. The van der Waals surface area contributed by atoms with Crippen LogP contribution in [0.15, 0.2) is 58.8 Å². The molecule has 0 atom stereocenters. The molecule has 0 saturated carbocycles. The summed E-state index contributed by atoms with van der Waals surface area (Å²) in [6.07, 6.45) is 2.94. The molecule has 190 valence electrons. The van der Waals surface area contributed by atoms with Crippen LogP contribution in [-0.4, -0.2) is 19.2 Å². The SMILES string of the molecule is C=CCOC(=O)c1c(Cl)c(Cl)c(Cl)c(Cl)c1-c1c2cc(Cl)c(=O)cc-2oc2cc(OCC=C)c(Cl)cc12. The molecule has 0 fully saturated rings. The standard InChI is InChI=1S/C26H14Cl6O5/c1-3-5-35-18-10-17-12(8-14(18)28)19(11-7-13(27)15(33)9-16(11)37-17)20-21(26(34)36-6-4-2)23(30)25(32)24(31)22(20)29/h3-4,7-10H,1-2,5-6H2. The predicted octanol–water partition coefficient (Wildman–Crippen LogP) is 9.39. The van der Waals surface area contributed by atoms with Gasteiger partial charge in [0.15, 0.2) is 0 Å². The minimum absolute atomic E-state index is 0.0754. The van der Waals surface area contributed by atoms with Crippen molar-refractivity contribution in [2.45, 2.75) is 0 Å². The highest BCUT2D eigenvalue weighted by Crippen LogP contribution is 2.51. The average molecular weight is 619 g/mol. The summed E-state index contributed by atoms with van der Waals surface area (Å²) in [5.74, 6) is -0.410. The molecule has 2 aromatic rings. The number of carbonyl (C=O) groups is 1. The van der Waals surface area contributed by atoms with E-state index in [0.717, 1.165) is 0 Å². The van der Waals surface area contributed by atoms with E-state index in [9.17, 15) is 9.59 Å². The minimum Gasteiger partial charge on any atom is -0.488 e. The molecule has 1 aliphatic carbocycles. The zero-order chi connectivity index (χ0) is 27.0. The van der Waals surface area contributed by atoms with Crippen molar-refractivity contribution in [3.8, 4) is 28.2 Å². The topological polar surface area (TPSA) is 65.7 Å². The van der Waals surface area contributed by atoms with Crippen molar-refractivity contribution in [3.63, 3.8) is 0 Å². The van der Waals surface area contributed by atoms with Gasteiger partial charge in [0.25, 0.3) is 0 Å². The van der Waals surface area contributed by atoms with Gasteiger partial charge < -0.3 is 13.9 Å². The van der Waals surface area contributed by atoms with E-state index in [4.69, 9.17) is 83.5 Å². The van der Waals surface area contributed by atoms with E-state index in [2.05, 4.69) is 13.2 Å². The molecule has 0 radical (unpaired) electrons. The van der Waals surface area contributed by atoms with Crippen LogP contribution in [0.5, 0.6) is 5.75 Å². The number of hydrogen-bond acceptors (Lipinski definition) is 5. The van der Waals surface area contributed by atoms with Crippen molar-refractivity contribution in [3.05, 3.63) is 95.5 Å². The smallest absolute Gasteiger partial charge is 0.340 e. The molecule has 11 heteroatoms. The largest absolute Gasteiger partial charge is 0.488 e. The molecule has 0 N–H and O–H groups in total. The maximum absolute atomic E-state index is 13.2. The number of carbonyl (C=O) groups excluding carboxylic acids is 1. The Labute approximate surface area is 241 Å². The summed E-state index contributed by atoms with van der Waals surface area (Å²) >= 11 is 38.6. The summed E-state index contributed by atoms with van der Waals surface area (Å²) < 4.78 is 16.9. The highest BCUT2D eigenvalue weighted by Gasteiger charge is 2.31. The third-order valence-corrected chi connectivity index (χ3v) is 7.63. The second kappa shape index (κ2) is 11.2. The molecular weight excluding hydrogens is 605 g/mol. The van der Waals surface area contributed by atoms with Gasteiger partial charge in [-0.2, -0.15) is 0 Å². The van der Waals surface area contributed by atoms with Crippen LogP contribution >= 0.6 is 69.6 Å². The molecule has 1 aliphatic heterocycles. The number of fused-ring (bicyclic) bond motifs is 2. The molecule has 0 saturated heterocycles. The normalized spacial score (nSPS) is 11.1. The maximum atomic E-state index is 13.2. The van der Waals surface area contributed by atoms with E-state index in [1.54, 1.807) is 12.1 Å². The summed E-state index contributed by atoms with van der Waals surface area (Å²) in [5, 5.41) is -0.0312. The van der Waals surface area contributed by atoms with E-state index in [0.29, 0.717) is 22.3 Å². The van der Waals surface area contributed by atoms with Gasteiger partial charge in [-0.15, -0.1) is 0 Å². The highest BCUT2D eigenvalue weighted by molar-refractivity contribution is 6.54. The lowest BCUT2D eigenvalue weighted by Crippen LogP contribution is -2.10. The van der Waals surface area contributed by atoms with E-state index < -0.39 is 11.4 Å². The summed E-state index contributed by atoms with van der Waals surface area (Å²) in [6, 6.07) is 5.69. The number of halogens is 6. The lowest BCUT2D eigenvalue weighted by Gasteiger charge is -2.21. The first-order valence-corrected chi connectivity index (χ1v) is 12.6. The Morgan fingerprint density at radius 3 is 2.19 bits per heavy atom. The molecule has 4 rings (SSSR count). The Kier molecular flexibility index (Phi) is 8.34. The van der Waals surface area contributed by atoms with Gasteiger partial charge in [-0.05, 0) is 12.1 Å².